The SMILES string of the molecule is CC(=O)Cc1ccccc1S(=O)(=O)NC(C)C. The molecule has 4 nitrogen and oxygen atoms in total. The van der Waals surface area contributed by atoms with Crippen molar-refractivity contribution in [2.24, 2.45) is 0 Å². The molecule has 0 amide bonds. The van der Waals surface area contributed by atoms with Crippen molar-refractivity contribution >= 4 is 15.8 Å². The fourth-order valence-electron chi connectivity index (χ4n) is 1.55. The highest BCUT2D eigenvalue weighted by Gasteiger charge is 2.19. The molecule has 1 N–H and O–H groups in total. The third-order valence-electron chi connectivity index (χ3n) is 2.09. The van der Waals surface area contributed by atoms with Crippen LogP contribution in [0, 0.1) is 0 Å². The number of carbonyl (C=O) groups excluding carboxylic acids is 1. The molecule has 0 aliphatic rings. The first-order valence-electron chi connectivity index (χ1n) is 5.42. The smallest absolute Gasteiger partial charge is 0.241 e. The van der Waals surface area contributed by atoms with E-state index in [2.05, 4.69) is 4.72 Å². The summed E-state index contributed by atoms with van der Waals surface area (Å²) in [6, 6.07) is 6.38. The van der Waals surface area contributed by atoms with E-state index >= 15 is 0 Å². The predicted molar refractivity (Wildman–Crippen MR) is 66.3 cm³/mol. The number of hydrogen-bond donors (Lipinski definition) is 1. The molecule has 0 bridgehead atoms. The van der Waals surface area contributed by atoms with Crippen molar-refractivity contribution in [1.82, 2.24) is 4.72 Å². The lowest BCUT2D eigenvalue weighted by Gasteiger charge is -2.12. The van der Waals surface area contributed by atoms with Gasteiger partial charge in [0.05, 0.1) is 4.90 Å². The molecule has 0 aromatic heterocycles. The second kappa shape index (κ2) is 5.42. The second-order valence-electron chi connectivity index (χ2n) is 4.26. The molecule has 0 saturated heterocycles. The Labute approximate surface area is 102 Å². The van der Waals surface area contributed by atoms with E-state index in [1.165, 1.54) is 13.0 Å². The van der Waals surface area contributed by atoms with Gasteiger partial charge < -0.3 is 0 Å². The van der Waals surface area contributed by atoms with E-state index < -0.39 is 10.0 Å². The molecule has 0 fully saturated rings. The van der Waals surface area contributed by atoms with Gasteiger partial charge in [-0.3, -0.25) is 4.79 Å². The minimum atomic E-state index is -3.54. The molecule has 5 heteroatoms. The first-order valence-corrected chi connectivity index (χ1v) is 6.91. The van der Waals surface area contributed by atoms with Crippen LogP contribution in [-0.2, 0) is 21.2 Å². The lowest BCUT2D eigenvalue weighted by Crippen LogP contribution is -2.31. The number of hydrogen-bond acceptors (Lipinski definition) is 3. The zero-order chi connectivity index (χ0) is 13.1. The van der Waals surface area contributed by atoms with Gasteiger partial charge in [0, 0.05) is 12.5 Å². The Balaban J connectivity index is 3.17. The van der Waals surface area contributed by atoms with Gasteiger partial charge >= 0.3 is 0 Å². The van der Waals surface area contributed by atoms with Crippen molar-refractivity contribution in [1.29, 1.82) is 0 Å². The third-order valence-corrected chi connectivity index (χ3v) is 3.85. The normalized spacial score (nSPS) is 11.8. The van der Waals surface area contributed by atoms with Gasteiger partial charge in [-0.15, -0.1) is 0 Å². The number of sulfonamides is 1. The van der Waals surface area contributed by atoms with Gasteiger partial charge in [-0.05, 0) is 32.4 Å². The number of rotatable bonds is 5. The standard InChI is InChI=1S/C12H17NO3S/c1-9(2)13-17(15,16)12-7-5-4-6-11(12)8-10(3)14/h4-7,9,13H,8H2,1-3H3. The Morgan fingerprint density at radius 1 is 1.29 bits per heavy atom. The number of nitrogens with one attached hydrogen (secondary N) is 1. The number of Topliss-reactive ketones (excluding diaryl/α,β-unsaturated/α-hetero) is 1. The van der Waals surface area contributed by atoms with Gasteiger partial charge in [0.2, 0.25) is 10.0 Å². The van der Waals surface area contributed by atoms with Crippen molar-refractivity contribution in [2.45, 2.75) is 38.1 Å². The van der Waals surface area contributed by atoms with E-state index in [9.17, 15) is 13.2 Å². The van der Waals surface area contributed by atoms with E-state index in [1.807, 2.05) is 0 Å². The first kappa shape index (κ1) is 13.9. The van der Waals surface area contributed by atoms with Crippen molar-refractivity contribution in [3.05, 3.63) is 29.8 Å². The molecule has 1 aromatic rings. The lowest BCUT2D eigenvalue weighted by atomic mass is 10.1. The zero-order valence-corrected chi connectivity index (χ0v) is 11.0. The topological polar surface area (TPSA) is 63.2 Å². The minimum absolute atomic E-state index is 0.0582. The monoisotopic (exact) mass is 255 g/mol. The summed E-state index contributed by atoms with van der Waals surface area (Å²) in [6.45, 7) is 4.95. The van der Waals surface area contributed by atoms with E-state index in [4.69, 9.17) is 0 Å². The molecule has 0 saturated carbocycles. The summed E-state index contributed by atoms with van der Waals surface area (Å²) in [5, 5.41) is 0. The number of carbonyl (C=O) groups is 1. The first-order chi connectivity index (χ1) is 7.83. The maximum absolute atomic E-state index is 12.0. The van der Waals surface area contributed by atoms with E-state index in [-0.39, 0.29) is 23.1 Å². The maximum atomic E-state index is 12.0. The van der Waals surface area contributed by atoms with E-state index in [0.717, 1.165) is 0 Å². The highest BCUT2D eigenvalue weighted by Crippen LogP contribution is 2.16. The van der Waals surface area contributed by atoms with Gasteiger partial charge in [-0.1, -0.05) is 18.2 Å². The van der Waals surface area contributed by atoms with Crippen LogP contribution in [0.1, 0.15) is 26.3 Å². The molecule has 0 radical (unpaired) electrons. The summed E-state index contributed by atoms with van der Waals surface area (Å²) < 4.78 is 26.6. The maximum Gasteiger partial charge on any atom is 0.241 e. The van der Waals surface area contributed by atoms with Crippen LogP contribution in [0.5, 0.6) is 0 Å². The molecular formula is C12H17NO3S. The summed E-state index contributed by atoms with van der Waals surface area (Å²) in [5.74, 6) is -0.0582. The second-order valence-corrected chi connectivity index (χ2v) is 5.94. The Bertz CT molecular complexity index is 506. The third kappa shape index (κ3) is 3.94. The quantitative estimate of drug-likeness (QED) is 0.867. The molecule has 1 aromatic carbocycles. The summed E-state index contributed by atoms with van der Waals surface area (Å²) >= 11 is 0. The molecule has 1 rings (SSSR count). The Kier molecular flexibility index (Phi) is 4.42. The minimum Gasteiger partial charge on any atom is -0.300 e. The van der Waals surface area contributed by atoms with E-state index in [1.54, 1.807) is 32.0 Å². The van der Waals surface area contributed by atoms with Crippen molar-refractivity contribution in [2.75, 3.05) is 0 Å². The van der Waals surface area contributed by atoms with Crippen LogP contribution in [0.4, 0.5) is 0 Å². The average Bonchev–Trinajstić information content (AvgIpc) is 2.15. The molecular weight excluding hydrogens is 238 g/mol. The molecule has 0 heterocycles. The van der Waals surface area contributed by atoms with Crippen molar-refractivity contribution in [3.8, 4) is 0 Å². The average molecular weight is 255 g/mol. The molecule has 0 unspecified atom stereocenters. The van der Waals surface area contributed by atoms with Gasteiger partial charge in [-0.2, -0.15) is 0 Å². The van der Waals surface area contributed by atoms with Crippen LogP contribution >= 0.6 is 0 Å². The van der Waals surface area contributed by atoms with Crippen LogP contribution in [0.15, 0.2) is 29.2 Å². The van der Waals surface area contributed by atoms with Crippen LogP contribution in [0.2, 0.25) is 0 Å². The van der Waals surface area contributed by atoms with Gasteiger partial charge in [0.15, 0.2) is 0 Å². The fraction of sp³-hybridized carbons (Fsp3) is 0.417. The summed E-state index contributed by atoms with van der Waals surface area (Å²) in [7, 11) is -3.54. The lowest BCUT2D eigenvalue weighted by molar-refractivity contribution is -0.116. The summed E-state index contributed by atoms with van der Waals surface area (Å²) in [5.41, 5.74) is 0.535. The van der Waals surface area contributed by atoms with Crippen molar-refractivity contribution < 1.29 is 13.2 Å². The largest absolute Gasteiger partial charge is 0.300 e. The van der Waals surface area contributed by atoms with Gasteiger partial charge in [-0.25, -0.2) is 13.1 Å². The van der Waals surface area contributed by atoms with Crippen LogP contribution in [0.25, 0.3) is 0 Å². The number of ketones is 1. The highest BCUT2D eigenvalue weighted by molar-refractivity contribution is 7.89. The summed E-state index contributed by atoms with van der Waals surface area (Å²) in [4.78, 5) is 11.3. The van der Waals surface area contributed by atoms with Crippen LogP contribution in [-0.4, -0.2) is 20.2 Å². The van der Waals surface area contributed by atoms with Crippen LogP contribution in [0.3, 0.4) is 0 Å². The van der Waals surface area contributed by atoms with Gasteiger partial charge in [0.1, 0.15) is 5.78 Å². The Hall–Kier alpha value is -1.20. The number of benzene rings is 1. The van der Waals surface area contributed by atoms with Gasteiger partial charge in [0.25, 0.3) is 0 Å². The zero-order valence-electron chi connectivity index (χ0n) is 10.2. The Morgan fingerprint density at radius 2 is 1.88 bits per heavy atom. The van der Waals surface area contributed by atoms with Crippen molar-refractivity contribution in [3.63, 3.8) is 0 Å². The molecule has 0 spiro atoms. The predicted octanol–water partition coefficient (Wildman–Crippen LogP) is 1.50. The van der Waals surface area contributed by atoms with Crippen LogP contribution < -0.4 is 4.72 Å². The van der Waals surface area contributed by atoms with E-state index in [0.29, 0.717) is 5.56 Å². The summed E-state index contributed by atoms with van der Waals surface area (Å²) in [6.07, 6.45) is 0.134. The molecule has 0 atom stereocenters. The highest BCUT2D eigenvalue weighted by atomic mass is 32.2. The molecule has 17 heavy (non-hydrogen) atoms. The Morgan fingerprint density at radius 3 is 2.41 bits per heavy atom. The molecule has 0 aliphatic heterocycles. The molecule has 0 aliphatic carbocycles. The molecule has 94 valence electrons. The fourth-order valence-corrected chi connectivity index (χ4v) is 3.04.